The monoisotopic (exact) mass is 431 g/mol. The first-order chi connectivity index (χ1) is 15.4. The molecular formula is C26H29N3O3. The van der Waals surface area contributed by atoms with E-state index in [9.17, 15) is 9.59 Å². The third-order valence-electron chi connectivity index (χ3n) is 4.80. The molecule has 6 heteroatoms. The van der Waals surface area contributed by atoms with Crippen molar-refractivity contribution in [2.24, 2.45) is 5.92 Å². The van der Waals surface area contributed by atoms with Crippen LogP contribution in [0.4, 0.5) is 16.2 Å². The lowest BCUT2D eigenvalue weighted by Gasteiger charge is -2.24. The molecule has 3 aromatic carbocycles. The Balaban J connectivity index is 1.74. The summed E-state index contributed by atoms with van der Waals surface area (Å²) in [5.74, 6) is 1.26. The molecule has 2 N–H and O–H groups in total. The minimum absolute atomic E-state index is 0.0457. The van der Waals surface area contributed by atoms with Gasteiger partial charge < -0.3 is 15.4 Å². The van der Waals surface area contributed by atoms with Gasteiger partial charge in [0.15, 0.2) is 0 Å². The standard InChI is InChI=1S/C26H29N3O3/c1-19(2)25(30)27-16-17-29(26(31)28-21-9-7-8-20(3)18-21)22-12-14-24(15-13-22)32-23-10-5-4-6-11-23/h4-15,18-19H,16-17H2,1-3H3,(H,27,30)(H,28,31). The molecule has 3 aromatic rings. The Morgan fingerprint density at radius 3 is 2.25 bits per heavy atom. The number of urea groups is 1. The normalized spacial score (nSPS) is 10.5. The largest absolute Gasteiger partial charge is 0.457 e. The smallest absolute Gasteiger partial charge is 0.326 e. The maximum absolute atomic E-state index is 13.1. The van der Waals surface area contributed by atoms with Crippen LogP contribution in [0.1, 0.15) is 19.4 Å². The van der Waals surface area contributed by atoms with Gasteiger partial charge in [-0.15, -0.1) is 0 Å². The first-order valence-corrected chi connectivity index (χ1v) is 10.7. The van der Waals surface area contributed by atoms with E-state index in [1.54, 1.807) is 4.90 Å². The fourth-order valence-corrected chi connectivity index (χ4v) is 3.08. The molecule has 0 aromatic heterocycles. The average Bonchev–Trinajstić information content (AvgIpc) is 2.78. The van der Waals surface area contributed by atoms with Crippen molar-refractivity contribution in [2.75, 3.05) is 23.3 Å². The predicted molar refractivity (Wildman–Crippen MR) is 128 cm³/mol. The summed E-state index contributed by atoms with van der Waals surface area (Å²) in [6, 6.07) is 24.2. The van der Waals surface area contributed by atoms with Crippen molar-refractivity contribution in [2.45, 2.75) is 20.8 Å². The van der Waals surface area contributed by atoms with E-state index in [0.29, 0.717) is 24.5 Å². The Morgan fingerprint density at radius 2 is 1.59 bits per heavy atom. The van der Waals surface area contributed by atoms with E-state index >= 15 is 0 Å². The Morgan fingerprint density at radius 1 is 0.906 bits per heavy atom. The molecule has 0 heterocycles. The van der Waals surface area contributed by atoms with Crippen molar-refractivity contribution in [3.63, 3.8) is 0 Å². The van der Waals surface area contributed by atoms with Gasteiger partial charge in [0.1, 0.15) is 11.5 Å². The molecule has 0 aliphatic carbocycles. The highest BCUT2D eigenvalue weighted by Gasteiger charge is 2.17. The maximum atomic E-state index is 13.1. The molecule has 0 fully saturated rings. The van der Waals surface area contributed by atoms with E-state index in [1.165, 1.54) is 0 Å². The topological polar surface area (TPSA) is 70.7 Å². The first kappa shape index (κ1) is 22.9. The van der Waals surface area contributed by atoms with Gasteiger partial charge in [0.25, 0.3) is 0 Å². The molecule has 0 unspecified atom stereocenters. The third kappa shape index (κ3) is 6.60. The van der Waals surface area contributed by atoms with Crippen LogP contribution in [0.15, 0.2) is 78.9 Å². The van der Waals surface area contributed by atoms with Gasteiger partial charge in [0.05, 0.1) is 0 Å². The average molecular weight is 432 g/mol. The summed E-state index contributed by atoms with van der Waals surface area (Å²) in [6.07, 6.45) is 0. The zero-order valence-corrected chi connectivity index (χ0v) is 18.7. The van der Waals surface area contributed by atoms with Crippen molar-refractivity contribution >= 4 is 23.3 Å². The predicted octanol–water partition coefficient (Wildman–Crippen LogP) is 5.60. The van der Waals surface area contributed by atoms with Crippen molar-refractivity contribution in [3.05, 3.63) is 84.4 Å². The number of aryl methyl sites for hydroxylation is 1. The Kier molecular flexibility index (Phi) is 7.86. The molecule has 3 rings (SSSR count). The number of nitrogens with one attached hydrogen (secondary N) is 2. The Hall–Kier alpha value is -3.80. The number of nitrogens with zero attached hydrogens (tertiary/aromatic N) is 1. The zero-order chi connectivity index (χ0) is 22.9. The van der Waals surface area contributed by atoms with Crippen molar-refractivity contribution < 1.29 is 14.3 Å². The number of carbonyl (C=O) groups is 2. The van der Waals surface area contributed by atoms with Crippen LogP contribution in [0.25, 0.3) is 0 Å². The molecular weight excluding hydrogens is 402 g/mol. The fraction of sp³-hybridized carbons (Fsp3) is 0.231. The third-order valence-corrected chi connectivity index (χ3v) is 4.80. The van der Waals surface area contributed by atoms with Gasteiger partial charge in [-0.1, -0.05) is 44.2 Å². The van der Waals surface area contributed by atoms with E-state index in [-0.39, 0.29) is 17.9 Å². The molecule has 0 aliphatic rings. The van der Waals surface area contributed by atoms with E-state index < -0.39 is 0 Å². The molecule has 0 saturated carbocycles. The summed E-state index contributed by atoms with van der Waals surface area (Å²) in [5, 5.41) is 5.81. The highest BCUT2D eigenvalue weighted by atomic mass is 16.5. The lowest BCUT2D eigenvalue weighted by Crippen LogP contribution is -2.41. The van der Waals surface area contributed by atoms with E-state index in [2.05, 4.69) is 10.6 Å². The van der Waals surface area contributed by atoms with Crippen LogP contribution in [0.2, 0.25) is 0 Å². The van der Waals surface area contributed by atoms with E-state index in [1.807, 2.05) is 99.6 Å². The second kappa shape index (κ2) is 11.0. The number of hydrogen-bond acceptors (Lipinski definition) is 3. The SMILES string of the molecule is Cc1cccc(NC(=O)N(CCNC(=O)C(C)C)c2ccc(Oc3ccccc3)cc2)c1. The summed E-state index contributed by atoms with van der Waals surface area (Å²) in [4.78, 5) is 26.6. The number of anilines is 2. The van der Waals surface area contributed by atoms with Crippen LogP contribution < -0.4 is 20.3 Å². The molecule has 0 bridgehead atoms. The summed E-state index contributed by atoms with van der Waals surface area (Å²) < 4.78 is 5.85. The van der Waals surface area contributed by atoms with Gasteiger partial charge in [-0.25, -0.2) is 4.79 Å². The van der Waals surface area contributed by atoms with Gasteiger partial charge in [0.2, 0.25) is 5.91 Å². The molecule has 3 amide bonds. The molecule has 6 nitrogen and oxygen atoms in total. The number of hydrogen-bond donors (Lipinski definition) is 2. The summed E-state index contributed by atoms with van der Waals surface area (Å²) in [7, 11) is 0. The minimum atomic E-state index is -0.272. The van der Waals surface area contributed by atoms with Crippen LogP contribution in [-0.2, 0) is 4.79 Å². The lowest BCUT2D eigenvalue weighted by atomic mass is 10.2. The maximum Gasteiger partial charge on any atom is 0.326 e. The van der Waals surface area contributed by atoms with Crippen LogP contribution in [0, 0.1) is 12.8 Å². The quantitative estimate of drug-likeness (QED) is 0.488. The van der Waals surface area contributed by atoms with E-state index in [4.69, 9.17) is 4.74 Å². The summed E-state index contributed by atoms with van der Waals surface area (Å²) in [5.41, 5.74) is 2.48. The number of para-hydroxylation sites is 1. The van der Waals surface area contributed by atoms with Gasteiger partial charge >= 0.3 is 6.03 Å². The van der Waals surface area contributed by atoms with Crippen molar-refractivity contribution in [3.8, 4) is 11.5 Å². The molecule has 0 atom stereocenters. The molecule has 32 heavy (non-hydrogen) atoms. The highest BCUT2D eigenvalue weighted by Crippen LogP contribution is 2.25. The number of carbonyl (C=O) groups excluding carboxylic acids is 2. The number of rotatable bonds is 8. The van der Waals surface area contributed by atoms with Crippen LogP contribution >= 0.6 is 0 Å². The van der Waals surface area contributed by atoms with E-state index in [0.717, 1.165) is 17.0 Å². The molecule has 166 valence electrons. The summed E-state index contributed by atoms with van der Waals surface area (Å²) >= 11 is 0. The number of amides is 3. The zero-order valence-electron chi connectivity index (χ0n) is 18.7. The van der Waals surface area contributed by atoms with Crippen LogP contribution in [0.3, 0.4) is 0 Å². The molecule has 0 radical (unpaired) electrons. The lowest BCUT2D eigenvalue weighted by molar-refractivity contribution is -0.123. The van der Waals surface area contributed by atoms with Crippen molar-refractivity contribution in [1.29, 1.82) is 0 Å². The summed E-state index contributed by atoms with van der Waals surface area (Å²) in [6.45, 7) is 6.32. The van der Waals surface area contributed by atoms with Crippen LogP contribution in [-0.4, -0.2) is 25.0 Å². The Bertz CT molecular complexity index is 1030. The van der Waals surface area contributed by atoms with Gasteiger partial charge in [-0.2, -0.15) is 0 Å². The number of ether oxygens (including phenoxy) is 1. The highest BCUT2D eigenvalue weighted by molar-refractivity contribution is 6.01. The van der Waals surface area contributed by atoms with Crippen LogP contribution in [0.5, 0.6) is 11.5 Å². The minimum Gasteiger partial charge on any atom is -0.457 e. The van der Waals surface area contributed by atoms with Gasteiger partial charge in [-0.05, 0) is 61.0 Å². The second-order valence-corrected chi connectivity index (χ2v) is 7.81. The second-order valence-electron chi connectivity index (χ2n) is 7.81. The molecule has 0 aliphatic heterocycles. The number of benzene rings is 3. The molecule has 0 spiro atoms. The first-order valence-electron chi connectivity index (χ1n) is 10.7. The Labute approximate surface area is 189 Å². The van der Waals surface area contributed by atoms with Crippen molar-refractivity contribution in [1.82, 2.24) is 5.32 Å². The molecule has 0 saturated heterocycles. The van der Waals surface area contributed by atoms with Gasteiger partial charge in [0, 0.05) is 30.4 Å². The van der Waals surface area contributed by atoms with Gasteiger partial charge in [-0.3, -0.25) is 9.69 Å². The fourth-order valence-electron chi connectivity index (χ4n) is 3.08.